The van der Waals surface area contributed by atoms with Gasteiger partial charge in [-0.15, -0.1) is 0 Å². The van der Waals surface area contributed by atoms with Gasteiger partial charge in [0.25, 0.3) is 0 Å². The van der Waals surface area contributed by atoms with E-state index in [0.717, 1.165) is 21.8 Å². The highest BCUT2D eigenvalue weighted by atomic mass is 14.7. The molecule has 22 heavy (non-hydrogen) atoms. The molecule has 3 aromatic carbocycles. The van der Waals surface area contributed by atoms with Crippen molar-refractivity contribution in [3.63, 3.8) is 0 Å². The molecule has 0 unspecified atom stereocenters. The number of rotatable bonds is 0. The summed E-state index contributed by atoms with van der Waals surface area (Å²) >= 11 is 0. The molecular formula is C20H12N2. The van der Waals surface area contributed by atoms with Crippen LogP contribution in [0.15, 0.2) is 73.1 Å². The Morgan fingerprint density at radius 2 is 1.45 bits per heavy atom. The standard InChI is InChI=1S/C20H12N2/c1-2-6-15-13(4-1)7-9-16-17(15)12-22-18-10-8-14-5-3-11-21-20(14)19(16)18/h1-12H. The average Bonchev–Trinajstić information content (AvgIpc) is 2.60. The maximum absolute atomic E-state index is 4.67. The van der Waals surface area contributed by atoms with Crippen LogP contribution in [-0.2, 0) is 0 Å². The van der Waals surface area contributed by atoms with Crippen molar-refractivity contribution >= 4 is 43.4 Å². The van der Waals surface area contributed by atoms with E-state index in [2.05, 4.69) is 64.6 Å². The molecule has 0 fully saturated rings. The molecule has 0 aliphatic heterocycles. The fourth-order valence-corrected chi connectivity index (χ4v) is 3.29. The summed E-state index contributed by atoms with van der Waals surface area (Å²) in [5.41, 5.74) is 2.02. The summed E-state index contributed by atoms with van der Waals surface area (Å²) in [4.78, 5) is 9.27. The summed E-state index contributed by atoms with van der Waals surface area (Å²) in [5, 5.41) is 7.17. The third kappa shape index (κ3) is 1.49. The highest BCUT2D eigenvalue weighted by Crippen LogP contribution is 2.33. The molecular weight excluding hydrogens is 268 g/mol. The summed E-state index contributed by atoms with van der Waals surface area (Å²) < 4.78 is 0. The molecule has 0 spiro atoms. The molecule has 5 rings (SSSR count). The Morgan fingerprint density at radius 3 is 2.45 bits per heavy atom. The van der Waals surface area contributed by atoms with E-state index >= 15 is 0 Å². The number of pyridine rings is 2. The summed E-state index contributed by atoms with van der Waals surface area (Å²) in [5.74, 6) is 0. The Morgan fingerprint density at radius 1 is 0.591 bits per heavy atom. The van der Waals surface area contributed by atoms with Crippen LogP contribution in [0.4, 0.5) is 0 Å². The predicted molar refractivity (Wildman–Crippen MR) is 92.1 cm³/mol. The maximum Gasteiger partial charge on any atom is 0.0802 e. The number of hydrogen-bond donors (Lipinski definition) is 0. The molecule has 0 amide bonds. The first-order valence-corrected chi connectivity index (χ1v) is 7.36. The second kappa shape index (κ2) is 4.25. The topological polar surface area (TPSA) is 25.8 Å². The van der Waals surface area contributed by atoms with Gasteiger partial charge in [0, 0.05) is 28.6 Å². The van der Waals surface area contributed by atoms with Crippen molar-refractivity contribution in [2.45, 2.75) is 0 Å². The van der Waals surface area contributed by atoms with Crippen molar-refractivity contribution in [3.8, 4) is 0 Å². The summed E-state index contributed by atoms with van der Waals surface area (Å²) in [6.07, 6.45) is 3.83. The van der Waals surface area contributed by atoms with Crippen molar-refractivity contribution in [2.75, 3.05) is 0 Å². The fraction of sp³-hybridized carbons (Fsp3) is 0. The van der Waals surface area contributed by atoms with Gasteiger partial charge < -0.3 is 0 Å². The predicted octanol–water partition coefficient (Wildman–Crippen LogP) is 5.09. The number of benzene rings is 3. The minimum absolute atomic E-state index is 0.994. The molecule has 102 valence electrons. The smallest absolute Gasteiger partial charge is 0.0802 e. The maximum atomic E-state index is 4.67. The van der Waals surface area contributed by atoms with Crippen LogP contribution in [0.1, 0.15) is 0 Å². The molecule has 2 heteroatoms. The Hall–Kier alpha value is -3.00. The number of hydrogen-bond acceptors (Lipinski definition) is 2. The lowest BCUT2D eigenvalue weighted by Gasteiger charge is -2.08. The van der Waals surface area contributed by atoms with Crippen LogP contribution in [0.25, 0.3) is 43.4 Å². The van der Waals surface area contributed by atoms with Gasteiger partial charge in [-0.3, -0.25) is 9.97 Å². The first-order chi connectivity index (χ1) is 10.9. The molecule has 2 aromatic heterocycles. The van der Waals surface area contributed by atoms with Gasteiger partial charge >= 0.3 is 0 Å². The number of aromatic nitrogens is 2. The van der Waals surface area contributed by atoms with Gasteiger partial charge in [-0.2, -0.15) is 0 Å². The lowest BCUT2D eigenvalue weighted by Crippen LogP contribution is -1.87. The van der Waals surface area contributed by atoms with Crippen molar-refractivity contribution in [2.24, 2.45) is 0 Å². The van der Waals surface area contributed by atoms with Gasteiger partial charge in [0.05, 0.1) is 11.0 Å². The van der Waals surface area contributed by atoms with Gasteiger partial charge in [0.1, 0.15) is 0 Å². The van der Waals surface area contributed by atoms with Crippen LogP contribution in [0.5, 0.6) is 0 Å². The molecule has 0 radical (unpaired) electrons. The Kier molecular flexibility index (Phi) is 2.25. The lowest BCUT2D eigenvalue weighted by molar-refractivity contribution is 1.41. The van der Waals surface area contributed by atoms with Crippen molar-refractivity contribution in [1.82, 2.24) is 9.97 Å². The highest BCUT2D eigenvalue weighted by molar-refractivity contribution is 6.22. The molecule has 0 aliphatic carbocycles. The van der Waals surface area contributed by atoms with Crippen molar-refractivity contribution < 1.29 is 0 Å². The molecule has 5 aromatic rings. The van der Waals surface area contributed by atoms with Crippen LogP contribution < -0.4 is 0 Å². The van der Waals surface area contributed by atoms with Crippen LogP contribution in [-0.4, -0.2) is 9.97 Å². The SMILES string of the molecule is c1ccc2c(c1)ccc1c2cnc2ccc3cccnc3c21. The van der Waals surface area contributed by atoms with Gasteiger partial charge in [-0.25, -0.2) is 0 Å². The van der Waals surface area contributed by atoms with E-state index in [1.807, 2.05) is 18.5 Å². The third-order valence-electron chi connectivity index (χ3n) is 4.33. The first kappa shape index (κ1) is 11.6. The molecule has 0 saturated heterocycles. The zero-order valence-electron chi connectivity index (χ0n) is 11.8. The van der Waals surface area contributed by atoms with E-state index in [9.17, 15) is 0 Å². The molecule has 2 heterocycles. The quantitative estimate of drug-likeness (QED) is 0.369. The Labute approximate surface area is 127 Å². The van der Waals surface area contributed by atoms with Crippen LogP contribution >= 0.6 is 0 Å². The lowest BCUT2D eigenvalue weighted by atomic mass is 9.99. The summed E-state index contributed by atoms with van der Waals surface area (Å²) in [6.45, 7) is 0. The summed E-state index contributed by atoms with van der Waals surface area (Å²) in [7, 11) is 0. The second-order valence-corrected chi connectivity index (χ2v) is 5.54. The Balaban J connectivity index is 2.11. The third-order valence-corrected chi connectivity index (χ3v) is 4.33. The van der Waals surface area contributed by atoms with E-state index in [-0.39, 0.29) is 0 Å². The minimum atomic E-state index is 0.994. The highest BCUT2D eigenvalue weighted by Gasteiger charge is 2.09. The van der Waals surface area contributed by atoms with Gasteiger partial charge in [0.2, 0.25) is 0 Å². The molecule has 0 atom stereocenters. The molecule has 0 N–H and O–H groups in total. The Bertz CT molecular complexity index is 1180. The van der Waals surface area contributed by atoms with Gasteiger partial charge in [-0.05, 0) is 28.3 Å². The number of nitrogens with zero attached hydrogens (tertiary/aromatic N) is 2. The number of fused-ring (bicyclic) bond motifs is 7. The molecule has 0 bridgehead atoms. The second-order valence-electron chi connectivity index (χ2n) is 5.54. The first-order valence-electron chi connectivity index (χ1n) is 7.36. The molecule has 0 aliphatic rings. The van der Waals surface area contributed by atoms with Crippen molar-refractivity contribution in [1.29, 1.82) is 0 Å². The molecule has 2 nitrogen and oxygen atoms in total. The zero-order chi connectivity index (χ0) is 14.5. The monoisotopic (exact) mass is 280 g/mol. The normalized spacial score (nSPS) is 11.6. The van der Waals surface area contributed by atoms with Crippen LogP contribution in [0.2, 0.25) is 0 Å². The van der Waals surface area contributed by atoms with Crippen LogP contribution in [0.3, 0.4) is 0 Å². The van der Waals surface area contributed by atoms with E-state index < -0.39 is 0 Å². The minimum Gasteiger partial charge on any atom is -0.256 e. The van der Waals surface area contributed by atoms with Gasteiger partial charge in [-0.1, -0.05) is 48.5 Å². The van der Waals surface area contributed by atoms with E-state index in [0.29, 0.717) is 0 Å². The average molecular weight is 280 g/mol. The van der Waals surface area contributed by atoms with Crippen LogP contribution in [0, 0.1) is 0 Å². The molecule has 0 saturated carbocycles. The van der Waals surface area contributed by atoms with E-state index in [1.165, 1.54) is 21.5 Å². The van der Waals surface area contributed by atoms with Gasteiger partial charge in [0.15, 0.2) is 0 Å². The zero-order valence-corrected chi connectivity index (χ0v) is 11.8. The van der Waals surface area contributed by atoms with E-state index in [1.54, 1.807) is 0 Å². The summed E-state index contributed by atoms with van der Waals surface area (Å²) in [6, 6.07) is 21.0. The van der Waals surface area contributed by atoms with E-state index in [4.69, 9.17) is 0 Å². The largest absolute Gasteiger partial charge is 0.256 e. The fourth-order valence-electron chi connectivity index (χ4n) is 3.29. The van der Waals surface area contributed by atoms with Crippen molar-refractivity contribution in [3.05, 3.63) is 73.1 Å².